The molecule has 0 aromatic heterocycles. The van der Waals surface area contributed by atoms with Crippen molar-refractivity contribution in [1.29, 1.82) is 0 Å². The van der Waals surface area contributed by atoms with Crippen LogP contribution in [0.1, 0.15) is 39.5 Å². The molecule has 0 fully saturated rings. The summed E-state index contributed by atoms with van der Waals surface area (Å²) in [5, 5.41) is 11.2. The molecule has 0 spiro atoms. The van der Waals surface area contributed by atoms with Gasteiger partial charge in [-0.15, -0.1) is 0 Å². The minimum absolute atomic E-state index is 0.567. The van der Waals surface area contributed by atoms with E-state index in [1.807, 2.05) is 25.1 Å². The van der Waals surface area contributed by atoms with Crippen molar-refractivity contribution in [3.63, 3.8) is 0 Å². The fourth-order valence-electron chi connectivity index (χ4n) is 2.76. The van der Waals surface area contributed by atoms with Gasteiger partial charge >= 0.3 is 0 Å². The van der Waals surface area contributed by atoms with Crippen molar-refractivity contribution in [2.75, 3.05) is 0 Å². The summed E-state index contributed by atoms with van der Waals surface area (Å²) in [7, 11) is 0. The van der Waals surface area contributed by atoms with Gasteiger partial charge in [0.25, 0.3) is 0 Å². The lowest BCUT2D eigenvalue weighted by Crippen LogP contribution is -2.06. The van der Waals surface area contributed by atoms with Crippen LogP contribution in [0.4, 0.5) is 0 Å². The van der Waals surface area contributed by atoms with Crippen molar-refractivity contribution in [3.05, 3.63) is 68.7 Å². The van der Waals surface area contributed by atoms with Gasteiger partial charge in [0.2, 0.25) is 0 Å². The van der Waals surface area contributed by atoms with Crippen molar-refractivity contribution in [2.45, 2.75) is 40.2 Å². The maximum atomic E-state index is 10.5. The van der Waals surface area contributed by atoms with Gasteiger partial charge in [-0.2, -0.15) is 0 Å². The lowest BCUT2D eigenvalue weighted by Gasteiger charge is -2.17. The lowest BCUT2D eigenvalue weighted by molar-refractivity contribution is 0.178. The van der Waals surface area contributed by atoms with Crippen LogP contribution in [0.3, 0.4) is 0 Å². The molecular weight excluding hydrogens is 268 g/mol. The van der Waals surface area contributed by atoms with Gasteiger partial charge in [-0.3, -0.25) is 0 Å². The van der Waals surface area contributed by atoms with Crippen LogP contribution in [0.5, 0.6) is 0 Å². The Morgan fingerprint density at radius 1 is 1.00 bits per heavy atom. The number of rotatable bonds is 3. The molecule has 1 atom stereocenters. The predicted molar refractivity (Wildman–Crippen MR) is 85.5 cm³/mol. The van der Waals surface area contributed by atoms with E-state index in [1.54, 1.807) is 0 Å². The van der Waals surface area contributed by atoms with Crippen molar-refractivity contribution in [2.24, 2.45) is 0 Å². The van der Waals surface area contributed by atoms with Crippen LogP contribution in [0.15, 0.2) is 30.3 Å². The number of hydrogen-bond donors (Lipinski definition) is 1. The van der Waals surface area contributed by atoms with Crippen molar-refractivity contribution in [1.82, 2.24) is 0 Å². The predicted octanol–water partition coefficient (Wildman–Crippen LogP) is 4.85. The molecule has 0 aliphatic rings. The van der Waals surface area contributed by atoms with Crippen molar-refractivity contribution in [3.8, 4) is 0 Å². The van der Waals surface area contributed by atoms with Gasteiger partial charge in [0.15, 0.2) is 0 Å². The molecule has 1 unspecified atom stereocenters. The van der Waals surface area contributed by atoms with E-state index in [0.29, 0.717) is 11.4 Å². The summed E-state index contributed by atoms with van der Waals surface area (Å²) in [6.45, 7) is 8.25. The topological polar surface area (TPSA) is 20.2 Å². The zero-order chi connectivity index (χ0) is 14.9. The van der Waals surface area contributed by atoms with Gasteiger partial charge in [0, 0.05) is 11.4 Å². The Hall–Kier alpha value is -1.31. The molecular formula is C18H21ClO. The quantitative estimate of drug-likeness (QED) is 0.856. The largest absolute Gasteiger partial charge is 0.388 e. The van der Waals surface area contributed by atoms with Crippen LogP contribution < -0.4 is 0 Å². The Morgan fingerprint density at radius 3 is 2.20 bits per heavy atom. The Labute approximate surface area is 126 Å². The van der Waals surface area contributed by atoms with Crippen LogP contribution >= 0.6 is 11.6 Å². The number of aliphatic hydroxyl groups is 1. The summed E-state index contributed by atoms with van der Waals surface area (Å²) >= 11 is 6.30. The fraction of sp³-hybridized carbons (Fsp3) is 0.333. The number of benzene rings is 2. The third-order valence-corrected chi connectivity index (χ3v) is 4.33. The number of halogens is 1. The molecule has 2 rings (SSSR count). The summed E-state index contributed by atoms with van der Waals surface area (Å²) in [6, 6.07) is 10.1. The number of aryl methyl sites for hydroxylation is 4. The summed E-state index contributed by atoms with van der Waals surface area (Å²) in [4.78, 5) is 0. The Kier molecular flexibility index (Phi) is 4.52. The first-order valence-corrected chi connectivity index (χ1v) is 7.27. The summed E-state index contributed by atoms with van der Waals surface area (Å²) < 4.78 is 0. The van der Waals surface area contributed by atoms with E-state index in [2.05, 4.69) is 32.9 Å². The molecule has 0 heterocycles. The fourth-order valence-corrected chi connectivity index (χ4v) is 3.01. The maximum absolute atomic E-state index is 10.5. The molecule has 0 saturated carbocycles. The van der Waals surface area contributed by atoms with Gasteiger partial charge < -0.3 is 5.11 Å². The number of hydrogen-bond acceptors (Lipinski definition) is 1. The second-order valence-corrected chi connectivity index (χ2v) is 5.95. The van der Waals surface area contributed by atoms with Crippen LogP contribution in [0, 0.1) is 27.7 Å². The van der Waals surface area contributed by atoms with Crippen molar-refractivity contribution < 1.29 is 5.11 Å². The normalized spacial score (nSPS) is 12.5. The molecule has 2 aromatic carbocycles. The Morgan fingerprint density at radius 2 is 1.60 bits per heavy atom. The van der Waals surface area contributed by atoms with Gasteiger partial charge in [-0.25, -0.2) is 0 Å². The highest BCUT2D eigenvalue weighted by Crippen LogP contribution is 2.30. The highest BCUT2D eigenvalue weighted by molar-refractivity contribution is 6.32. The van der Waals surface area contributed by atoms with Crippen LogP contribution in [0.2, 0.25) is 5.02 Å². The van der Waals surface area contributed by atoms with E-state index in [0.717, 1.165) is 11.1 Å². The molecule has 0 saturated heterocycles. The van der Waals surface area contributed by atoms with Gasteiger partial charge in [-0.05, 0) is 55.5 Å². The average molecular weight is 289 g/mol. The van der Waals surface area contributed by atoms with E-state index < -0.39 is 6.10 Å². The molecule has 20 heavy (non-hydrogen) atoms. The SMILES string of the molecule is Cc1cc(C)c(CC(O)c2cccc(C)c2Cl)c(C)c1. The molecule has 0 radical (unpaired) electrons. The molecule has 0 amide bonds. The molecule has 0 aliphatic carbocycles. The first-order valence-electron chi connectivity index (χ1n) is 6.90. The van der Waals surface area contributed by atoms with Gasteiger partial charge in [0.05, 0.1) is 6.10 Å². The first-order chi connectivity index (χ1) is 9.40. The van der Waals surface area contributed by atoms with E-state index in [1.165, 1.54) is 22.3 Å². The lowest BCUT2D eigenvalue weighted by atomic mass is 9.92. The minimum atomic E-state index is -0.567. The zero-order valence-electron chi connectivity index (χ0n) is 12.5. The third-order valence-electron chi connectivity index (χ3n) is 3.82. The summed E-state index contributed by atoms with van der Waals surface area (Å²) in [5.74, 6) is 0. The highest BCUT2D eigenvalue weighted by atomic mass is 35.5. The molecule has 2 aromatic rings. The molecule has 1 N–H and O–H groups in total. The van der Waals surface area contributed by atoms with Crippen LogP contribution in [0.25, 0.3) is 0 Å². The van der Waals surface area contributed by atoms with Gasteiger partial charge in [0.1, 0.15) is 0 Å². The molecule has 106 valence electrons. The zero-order valence-corrected chi connectivity index (χ0v) is 13.3. The minimum Gasteiger partial charge on any atom is -0.388 e. The van der Waals surface area contributed by atoms with Gasteiger partial charge in [-0.1, -0.05) is 47.5 Å². The highest BCUT2D eigenvalue weighted by Gasteiger charge is 2.16. The van der Waals surface area contributed by atoms with E-state index >= 15 is 0 Å². The van der Waals surface area contributed by atoms with Crippen LogP contribution in [-0.2, 0) is 6.42 Å². The maximum Gasteiger partial charge on any atom is 0.0845 e. The summed E-state index contributed by atoms with van der Waals surface area (Å²) in [6.07, 6.45) is 0.0312. The smallest absolute Gasteiger partial charge is 0.0845 e. The Balaban J connectivity index is 2.33. The molecule has 1 nitrogen and oxygen atoms in total. The second-order valence-electron chi connectivity index (χ2n) is 5.58. The second kappa shape index (κ2) is 5.99. The molecule has 0 aliphatic heterocycles. The summed E-state index contributed by atoms with van der Waals surface area (Å²) in [5.41, 5.74) is 6.73. The van der Waals surface area contributed by atoms with E-state index in [9.17, 15) is 5.11 Å². The first kappa shape index (κ1) is 15.1. The van der Waals surface area contributed by atoms with E-state index in [-0.39, 0.29) is 0 Å². The Bertz CT molecular complexity index is 608. The third kappa shape index (κ3) is 3.05. The standard InChI is InChI=1S/C18H21ClO/c1-11-8-13(3)16(14(4)9-11)10-17(20)15-7-5-6-12(2)18(15)19/h5-9,17,20H,10H2,1-4H3. The molecule has 2 heteroatoms. The van der Waals surface area contributed by atoms with Crippen LogP contribution in [-0.4, -0.2) is 5.11 Å². The van der Waals surface area contributed by atoms with Crippen molar-refractivity contribution >= 4 is 11.6 Å². The van der Waals surface area contributed by atoms with E-state index in [4.69, 9.17) is 11.6 Å². The monoisotopic (exact) mass is 288 g/mol. The molecule has 0 bridgehead atoms. The number of aliphatic hydroxyl groups excluding tert-OH is 1. The average Bonchev–Trinajstić information content (AvgIpc) is 2.36.